The third kappa shape index (κ3) is 8.10. The lowest BCUT2D eigenvalue weighted by atomic mass is 9.43. The van der Waals surface area contributed by atoms with E-state index in [0.717, 1.165) is 42.5 Å². The van der Waals surface area contributed by atoms with Gasteiger partial charge in [0, 0.05) is 36.1 Å². The van der Waals surface area contributed by atoms with Gasteiger partial charge < -0.3 is 29.9 Å². The molecule has 7 rings (SSSR count). The zero-order chi connectivity index (χ0) is 38.9. The van der Waals surface area contributed by atoms with Crippen molar-refractivity contribution in [1.29, 1.82) is 0 Å². The molecule has 1 heterocycles. The number of hydroxylamine groups is 2. The lowest BCUT2D eigenvalue weighted by Gasteiger charge is -2.62. The molecule has 2 aromatic carbocycles. The van der Waals surface area contributed by atoms with Crippen LogP contribution in [-0.2, 0) is 16.2 Å². The first kappa shape index (κ1) is 40.6. The number of amides is 1. The molecule has 0 spiro atoms. The number of rotatable bonds is 15. The molecule has 1 unspecified atom stereocenters. The van der Waals surface area contributed by atoms with Gasteiger partial charge in [-0.3, -0.25) is 14.4 Å². The van der Waals surface area contributed by atoms with Crippen molar-refractivity contribution in [2.75, 3.05) is 41.5 Å². The van der Waals surface area contributed by atoms with Gasteiger partial charge in [-0.25, -0.2) is 0 Å². The van der Waals surface area contributed by atoms with Crippen LogP contribution in [0.2, 0.25) is 0 Å². The molecule has 10 heteroatoms. The summed E-state index contributed by atoms with van der Waals surface area (Å²) in [7, 11) is 7.29. The van der Waals surface area contributed by atoms with Gasteiger partial charge in [-0.1, -0.05) is 64.3 Å². The Morgan fingerprint density at radius 3 is 2.43 bits per heavy atom. The smallest absolute Gasteiger partial charge is 0.255 e. The topological polar surface area (TPSA) is 121 Å². The van der Waals surface area contributed by atoms with Crippen molar-refractivity contribution in [1.82, 2.24) is 15.3 Å². The highest BCUT2D eigenvalue weighted by Crippen LogP contribution is 2.63. The molecule has 5 fully saturated rings. The zero-order valence-electron chi connectivity index (χ0n) is 33.8. The molecule has 1 saturated heterocycles. The fourth-order valence-electron chi connectivity index (χ4n) is 10.7. The van der Waals surface area contributed by atoms with Gasteiger partial charge in [0.15, 0.2) is 5.78 Å². The van der Waals surface area contributed by atoms with Crippen molar-refractivity contribution < 1.29 is 34.1 Å². The van der Waals surface area contributed by atoms with Crippen LogP contribution in [0.1, 0.15) is 95.0 Å². The van der Waals surface area contributed by atoms with E-state index in [0.29, 0.717) is 58.5 Å². The zero-order valence-corrected chi connectivity index (χ0v) is 33.8. The van der Waals surface area contributed by atoms with Crippen molar-refractivity contribution >= 4 is 11.7 Å². The number of likely N-dealkylation sites (N-methyl/N-ethyl adjacent to an activating group) is 1. The van der Waals surface area contributed by atoms with Gasteiger partial charge in [0.05, 0.1) is 39.0 Å². The maximum Gasteiger partial charge on any atom is 0.255 e. The molecule has 1 amide bonds. The van der Waals surface area contributed by atoms with E-state index in [1.165, 1.54) is 25.7 Å². The summed E-state index contributed by atoms with van der Waals surface area (Å²) in [5.74, 6) is 2.83. The predicted octanol–water partition coefficient (Wildman–Crippen LogP) is 6.36. The number of ketones is 1. The molecule has 4 saturated carbocycles. The number of hydrogen-bond donors (Lipinski definition) is 3. The summed E-state index contributed by atoms with van der Waals surface area (Å²) in [5.41, 5.74) is 3.15. The number of nitrogens with zero attached hydrogens (tertiary/aromatic N) is 2. The number of hydrogen-bond acceptors (Lipinski definition) is 9. The predicted molar refractivity (Wildman–Crippen MR) is 210 cm³/mol. The molecule has 9 atom stereocenters. The molecule has 54 heavy (non-hydrogen) atoms. The van der Waals surface area contributed by atoms with E-state index in [2.05, 4.69) is 31.0 Å². The van der Waals surface area contributed by atoms with Crippen LogP contribution in [0.5, 0.6) is 11.5 Å². The van der Waals surface area contributed by atoms with Crippen molar-refractivity contribution in [3.63, 3.8) is 0 Å². The van der Waals surface area contributed by atoms with Crippen LogP contribution in [0.3, 0.4) is 0 Å². The Bertz CT molecular complexity index is 1620. The summed E-state index contributed by atoms with van der Waals surface area (Å²) >= 11 is 0. The summed E-state index contributed by atoms with van der Waals surface area (Å²) in [6.07, 6.45) is 7.01. The van der Waals surface area contributed by atoms with Crippen molar-refractivity contribution in [2.24, 2.45) is 40.9 Å². The second kappa shape index (κ2) is 17.0. The standard InChI is InChI=1S/C44H65N3O7/c1-26-31(19-32-22-35(26)44(32,3)4)21-37(50)41-40(27(2)49)39(25-48)54-47(41)23-30-15-12-16-33(42(30)53-8)29-17-18-38(52-7)34(20-29)43(51)45-36(24-46(5)6)28-13-10-9-11-14-28/h12,15-18,20,26-28,31-32,35-36,39-41,48-49H,9-11,13-14,19,21-25H2,1-8H3,(H,45,51)/t26-,27?,31-,32+,35+,36-,39+,40+,41-/m1/s1. The van der Waals surface area contributed by atoms with E-state index >= 15 is 0 Å². The number of carbonyl (C=O) groups excluding carboxylic acids is 2. The van der Waals surface area contributed by atoms with Gasteiger partial charge >= 0.3 is 0 Å². The van der Waals surface area contributed by atoms with Crippen molar-refractivity contribution in [3.05, 3.63) is 47.5 Å². The third-order valence-electron chi connectivity index (χ3n) is 13.9. The number of nitrogens with one attached hydrogen (secondary N) is 1. The lowest BCUT2D eigenvalue weighted by Crippen LogP contribution is -2.55. The number of aliphatic hydroxyl groups is 2. The molecule has 5 aliphatic rings. The maximum absolute atomic E-state index is 14.4. The minimum atomic E-state index is -0.857. The van der Waals surface area contributed by atoms with Crippen LogP contribution in [0.15, 0.2) is 36.4 Å². The Labute approximate surface area is 322 Å². The largest absolute Gasteiger partial charge is 0.496 e. The highest BCUT2D eigenvalue weighted by molar-refractivity contribution is 5.98. The van der Waals surface area contributed by atoms with Crippen LogP contribution < -0.4 is 14.8 Å². The summed E-state index contributed by atoms with van der Waals surface area (Å²) in [4.78, 5) is 36.8. The molecule has 0 aromatic heterocycles. The minimum absolute atomic E-state index is 0.0298. The average Bonchev–Trinajstić information content (AvgIpc) is 3.53. The van der Waals surface area contributed by atoms with Crippen LogP contribution in [0.4, 0.5) is 0 Å². The highest BCUT2D eigenvalue weighted by Gasteiger charge is 2.57. The van der Waals surface area contributed by atoms with Crippen LogP contribution >= 0.6 is 0 Å². The second-order valence-corrected chi connectivity index (χ2v) is 17.7. The Hall–Kier alpha value is -3.02. The van der Waals surface area contributed by atoms with Gasteiger partial charge in [-0.2, -0.15) is 5.06 Å². The van der Waals surface area contributed by atoms with Gasteiger partial charge in [0.1, 0.15) is 23.6 Å². The molecule has 0 radical (unpaired) electrons. The van der Waals surface area contributed by atoms with E-state index < -0.39 is 24.2 Å². The first-order valence-corrected chi connectivity index (χ1v) is 20.3. The van der Waals surface area contributed by atoms with Gasteiger partial charge in [0.25, 0.3) is 5.91 Å². The maximum atomic E-state index is 14.4. The molecule has 298 valence electrons. The van der Waals surface area contributed by atoms with E-state index in [1.54, 1.807) is 26.2 Å². The third-order valence-corrected chi connectivity index (χ3v) is 13.9. The summed E-state index contributed by atoms with van der Waals surface area (Å²) in [6, 6.07) is 10.8. The Morgan fingerprint density at radius 1 is 1.07 bits per heavy atom. The Kier molecular flexibility index (Phi) is 12.8. The van der Waals surface area contributed by atoms with Crippen LogP contribution in [0, 0.1) is 40.9 Å². The van der Waals surface area contributed by atoms with E-state index in [4.69, 9.17) is 14.3 Å². The van der Waals surface area contributed by atoms with E-state index in [-0.39, 0.29) is 30.9 Å². The van der Waals surface area contributed by atoms with E-state index in [9.17, 15) is 19.8 Å². The van der Waals surface area contributed by atoms with Crippen molar-refractivity contribution in [3.8, 4) is 22.6 Å². The summed E-state index contributed by atoms with van der Waals surface area (Å²) < 4.78 is 11.8. The van der Waals surface area contributed by atoms with Crippen LogP contribution in [-0.4, -0.2) is 97.6 Å². The number of Topliss-reactive ketones (excluding diaryl/α,β-unsaturated/α-hetero) is 1. The quantitative estimate of drug-likeness (QED) is 0.191. The first-order chi connectivity index (χ1) is 25.8. The number of methoxy groups -OCH3 is 2. The number of fused-ring (bicyclic) bond motifs is 2. The van der Waals surface area contributed by atoms with Crippen LogP contribution in [0.25, 0.3) is 11.1 Å². The Morgan fingerprint density at radius 2 is 1.81 bits per heavy atom. The molecular weight excluding hydrogens is 682 g/mol. The number of ether oxygens (including phenoxy) is 2. The summed E-state index contributed by atoms with van der Waals surface area (Å²) in [6.45, 7) is 9.38. The second-order valence-electron chi connectivity index (χ2n) is 17.7. The minimum Gasteiger partial charge on any atom is -0.496 e. The molecule has 4 aliphatic carbocycles. The first-order valence-electron chi connectivity index (χ1n) is 20.3. The fourth-order valence-corrected chi connectivity index (χ4v) is 10.7. The SMILES string of the molecule is COc1ccc(-c2cccc(CN3O[C@@H](CO)[C@H](C(C)O)[C@H]3C(=O)C[C@H]3C[C@H]4C[C@@H]([C@@H]3C)C4(C)C)c2OC)cc1C(=O)N[C@H](CN(C)C)C1CCCCC1. The lowest BCUT2D eigenvalue weighted by molar-refractivity contribution is -0.183. The number of para-hydroxylation sites is 1. The normalized spacial score (nSPS) is 29.4. The molecular formula is C44H65N3O7. The highest BCUT2D eigenvalue weighted by atomic mass is 16.7. The fraction of sp³-hybridized carbons (Fsp3) is 0.682. The summed E-state index contributed by atoms with van der Waals surface area (Å²) in [5, 5.41) is 26.4. The molecule has 2 bridgehead atoms. The molecule has 2 aromatic rings. The van der Waals surface area contributed by atoms with Crippen molar-refractivity contribution in [2.45, 2.75) is 110 Å². The molecule has 10 nitrogen and oxygen atoms in total. The number of benzene rings is 2. The number of aliphatic hydroxyl groups excluding tert-OH is 2. The van der Waals surface area contributed by atoms with Gasteiger partial charge in [-0.05, 0) is 99.4 Å². The van der Waals surface area contributed by atoms with E-state index in [1.807, 2.05) is 50.5 Å². The Balaban J connectivity index is 1.26. The van der Waals surface area contributed by atoms with Gasteiger partial charge in [-0.15, -0.1) is 0 Å². The molecule has 3 N–H and O–H groups in total. The van der Waals surface area contributed by atoms with Gasteiger partial charge in [0.2, 0.25) is 0 Å². The monoisotopic (exact) mass is 747 g/mol. The number of carbonyl (C=O) groups is 2. The average molecular weight is 748 g/mol. The molecule has 1 aliphatic heterocycles.